The van der Waals surface area contributed by atoms with Crippen LogP contribution in [-0.2, 0) is 10.0 Å². The van der Waals surface area contributed by atoms with Gasteiger partial charge in [-0.15, -0.1) is 0 Å². The lowest BCUT2D eigenvalue weighted by Gasteiger charge is -2.09. The third kappa shape index (κ3) is 3.47. The molecular formula is C12H8ClFN2O4S. The second-order valence-electron chi connectivity index (χ2n) is 3.98. The number of nitrogens with zero attached hydrogens (tertiary/aromatic N) is 1. The van der Waals surface area contributed by atoms with Gasteiger partial charge in [0.05, 0.1) is 15.5 Å². The summed E-state index contributed by atoms with van der Waals surface area (Å²) in [6, 6.07) is 7.86. The number of nitro benzene ring substituents is 1. The van der Waals surface area contributed by atoms with E-state index in [1.807, 2.05) is 4.72 Å². The van der Waals surface area contributed by atoms with Crippen molar-refractivity contribution in [2.45, 2.75) is 4.90 Å². The van der Waals surface area contributed by atoms with Gasteiger partial charge in [-0.25, -0.2) is 12.8 Å². The molecule has 0 unspecified atom stereocenters. The summed E-state index contributed by atoms with van der Waals surface area (Å²) in [5, 5.41) is 10.8. The highest BCUT2D eigenvalue weighted by atomic mass is 35.5. The van der Waals surface area contributed by atoms with Gasteiger partial charge >= 0.3 is 0 Å². The lowest BCUT2D eigenvalue weighted by atomic mass is 10.3. The van der Waals surface area contributed by atoms with Gasteiger partial charge < -0.3 is 0 Å². The largest absolute Gasteiger partial charge is 0.277 e. The Hall–Kier alpha value is -2.19. The van der Waals surface area contributed by atoms with Crippen LogP contribution in [0.2, 0.25) is 5.02 Å². The molecule has 0 fully saturated rings. The molecule has 0 saturated heterocycles. The smallest absolute Gasteiger partial charge is 0.270 e. The van der Waals surface area contributed by atoms with Crippen LogP contribution in [-0.4, -0.2) is 13.3 Å². The van der Waals surface area contributed by atoms with Crippen molar-refractivity contribution in [2.75, 3.05) is 4.72 Å². The molecule has 9 heteroatoms. The molecule has 2 aromatic rings. The van der Waals surface area contributed by atoms with Gasteiger partial charge in [0.1, 0.15) is 5.82 Å². The third-order valence-corrected chi connectivity index (χ3v) is 4.11. The van der Waals surface area contributed by atoms with Crippen molar-refractivity contribution in [3.05, 3.63) is 63.4 Å². The molecule has 2 rings (SSSR count). The van der Waals surface area contributed by atoms with Gasteiger partial charge in [-0.3, -0.25) is 14.8 Å². The minimum absolute atomic E-state index is 0.116. The Bertz CT molecular complexity index is 811. The second kappa shape index (κ2) is 5.66. The summed E-state index contributed by atoms with van der Waals surface area (Å²) in [5.41, 5.74) is -0.680. The molecule has 0 aromatic heterocycles. The number of nitro groups is 1. The monoisotopic (exact) mass is 330 g/mol. The van der Waals surface area contributed by atoms with Gasteiger partial charge in [0.25, 0.3) is 15.7 Å². The van der Waals surface area contributed by atoms with Crippen LogP contribution in [0.5, 0.6) is 0 Å². The zero-order valence-electron chi connectivity index (χ0n) is 10.3. The molecule has 2 aromatic carbocycles. The molecule has 0 radical (unpaired) electrons. The van der Waals surface area contributed by atoms with Crippen LogP contribution in [0.1, 0.15) is 0 Å². The standard InChI is InChI=1S/C12H8ClFN2O4S/c13-8-4-5-12(11(14)6-8)15-21(19,20)10-3-1-2-9(7-10)16(17)18/h1-7,15H. The summed E-state index contributed by atoms with van der Waals surface area (Å²) in [7, 11) is -4.14. The molecular weight excluding hydrogens is 323 g/mol. The van der Waals surface area contributed by atoms with Gasteiger partial charge in [-0.2, -0.15) is 0 Å². The number of rotatable bonds is 4. The normalized spacial score (nSPS) is 11.1. The average molecular weight is 331 g/mol. The van der Waals surface area contributed by atoms with E-state index in [9.17, 15) is 22.9 Å². The molecule has 0 aliphatic heterocycles. The number of sulfonamides is 1. The number of hydrogen-bond acceptors (Lipinski definition) is 4. The van der Waals surface area contributed by atoms with E-state index in [-0.39, 0.29) is 21.3 Å². The van der Waals surface area contributed by atoms with Crippen LogP contribution >= 0.6 is 11.6 Å². The van der Waals surface area contributed by atoms with Crippen molar-refractivity contribution < 1.29 is 17.7 Å². The van der Waals surface area contributed by atoms with Crippen LogP contribution in [0.3, 0.4) is 0 Å². The number of benzene rings is 2. The van der Waals surface area contributed by atoms with Gasteiger partial charge in [0.2, 0.25) is 0 Å². The summed E-state index contributed by atoms with van der Waals surface area (Å²) in [6.07, 6.45) is 0. The number of non-ortho nitro benzene ring substituents is 1. The molecule has 21 heavy (non-hydrogen) atoms. The summed E-state index contributed by atoms with van der Waals surface area (Å²) in [4.78, 5) is 9.58. The molecule has 6 nitrogen and oxygen atoms in total. The minimum Gasteiger partial charge on any atom is -0.277 e. The van der Waals surface area contributed by atoms with Crippen molar-refractivity contribution in [3.8, 4) is 0 Å². The maximum Gasteiger partial charge on any atom is 0.270 e. The predicted octanol–water partition coefficient (Wildman–Crippen LogP) is 3.19. The Morgan fingerprint density at radius 2 is 1.90 bits per heavy atom. The minimum atomic E-state index is -4.14. The van der Waals surface area contributed by atoms with Gasteiger partial charge in [-0.05, 0) is 24.3 Å². The number of nitrogens with one attached hydrogen (secondary N) is 1. The summed E-state index contributed by atoms with van der Waals surface area (Å²) in [6.45, 7) is 0. The molecule has 110 valence electrons. The molecule has 1 N–H and O–H groups in total. The molecule has 0 bridgehead atoms. The van der Waals surface area contributed by atoms with E-state index in [1.165, 1.54) is 18.2 Å². The topological polar surface area (TPSA) is 89.3 Å². The molecule has 0 spiro atoms. The fraction of sp³-hybridized carbons (Fsp3) is 0. The SMILES string of the molecule is O=[N+]([O-])c1cccc(S(=O)(=O)Nc2ccc(Cl)cc2F)c1. The van der Waals surface area contributed by atoms with Crippen molar-refractivity contribution in [1.82, 2.24) is 0 Å². The Balaban J connectivity index is 2.38. The number of hydrogen-bond donors (Lipinski definition) is 1. The van der Waals surface area contributed by atoms with Crippen molar-refractivity contribution >= 4 is 33.0 Å². The van der Waals surface area contributed by atoms with E-state index in [2.05, 4.69) is 0 Å². The van der Waals surface area contributed by atoms with E-state index in [4.69, 9.17) is 11.6 Å². The zero-order chi connectivity index (χ0) is 15.6. The average Bonchev–Trinajstić information content (AvgIpc) is 2.42. The van der Waals surface area contributed by atoms with E-state index < -0.39 is 20.8 Å². The van der Waals surface area contributed by atoms with Crippen molar-refractivity contribution in [2.24, 2.45) is 0 Å². The molecule has 0 aliphatic rings. The quantitative estimate of drug-likeness (QED) is 0.688. The van der Waals surface area contributed by atoms with Crippen LogP contribution < -0.4 is 4.72 Å². The molecule has 0 atom stereocenters. The van der Waals surface area contributed by atoms with Crippen LogP contribution in [0, 0.1) is 15.9 Å². The molecule has 0 saturated carbocycles. The number of anilines is 1. The Kier molecular flexibility index (Phi) is 4.10. The molecule has 0 amide bonds. The highest BCUT2D eigenvalue weighted by molar-refractivity contribution is 7.92. The summed E-state index contributed by atoms with van der Waals surface area (Å²) in [5.74, 6) is -0.850. The van der Waals surface area contributed by atoms with E-state index >= 15 is 0 Å². The number of halogens is 2. The highest BCUT2D eigenvalue weighted by Gasteiger charge is 2.19. The first-order valence-corrected chi connectivity index (χ1v) is 7.38. The van der Waals surface area contributed by atoms with Crippen LogP contribution in [0.25, 0.3) is 0 Å². The van der Waals surface area contributed by atoms with Gasteiger partial charge in [0, 0.05) is 17.2 Å². The first kappa shape index (κ1) is 15.2. The fourth-order valence-electron chi connectivity index (χ4n) is 1.54. The van der Waals surface area contributed by atoms with Gasteiger partial charge in [-0.1, -0.05) is 17.7 Å². The van der Waals surface area contributed by atoms with E-state index in [0.29, 0.717) is 0 Å². The lowest BCUT2D eigenvalue weighted by Crippen LogP contribution is -2.14. The van der Waals surface area contributed by atoms with Crippen molar-refractivity contribution in [1.29, 1.82) is 0 Å². The zero-order valence-corrected chi connectivity index (χ0v) is 11.9. The predicted molar refractivity (Wildman–Crippen MR) is 75.3 cm³/mol. The van der Waals surface area contributed by atoms with Crippen molar-refractivity contribution in [3.63, 3.8) is 0 Å². The van der Waals surface area contributed by atoms with E-state index in [1.54, 1.807) is 0 Å². The maximum atomic E-state index is 13.6. The fourth-order valence-corrected chi connectivity index (χ4v) is 2.81. The molecule has 0 heterocycles. The maximum absolute atomic E-state index is 13.6. The first-order chi connectivity index (χ1) is 9.79. The Labute approximate surface area is 124 Å². The third-order valence-electron chi connectivity index (χ3n) is 2.51. The Morgan fingerprint density at radius 1 is 1.19 bits per heavy atom. The lowest BCUT2D eigenvalue weighted by molar-refractivity contribution is -0.385. The van der Waals surface area contributed by atoms with E-state index in [0.717, 1.165) is 24.3 Å². The highest BCUT2D eigenvalue weighted by Crippen LogP contribution is 2.23. The Morgan fingerprint density at radius 3 is 2.52 bits per heavy atom. The second-order valence-corrected chi connectivity index (χ2v) is 6.10. The van der Waals surface area contributed by atoms with Crippen LogP contribution in [0.4, 0.5) is 15.8 Å². The first-order valence-electron chi connectivity index (χ1n) is 5.52. The molecule has 0 aliphatic carbocycles. The van der Waals surface area contributed by atoms with Gasteiger partial charge in [0.15, 0.2) is 0 Å². The van der Waals surface area contributed by atoms with Crippen LogP contribution in [0.15, 0.2) is 47.4 Å². The summed E-state index contributed by atoms with van der Waals surface area (Å²) < 4.78 is 39.8. The summed E-state index contributed by atoms with van der Waals surface area (Å²) >= 11 is 5.57.